The molecule has 0 heterocycles. The van der Waals surface area contributed by atoms with Gasteiger partial charge in [-0.15, -0.1) is 0 Å². The van der Waals surface area contributed by atoms with Gasteiger partial charge < -0.3 is 5.11 Å². The van der Waals surface area contributed by atoms with Crippen molar-refractivity contribution in [3.05, 3.63) is 42.0 Å². The van der Waals surface area contributed by atoms with Crippen molar-refractivity contribution in [2.45, 2.75) is 31.3 Å². The molecule has 1 heteroatoms. The predicted octanol–water partition coefficient (Wildman–Crippen LogP) is 3.09. The van der Waals surface area contributed by atoms with Crippen LogP contribution in [-0.4, -0.2) is 5.11 Å². The van der Waals surface area contributed by atoms with Crippen LogP contribution in [0.5, 0.6) is 0 Å². The topological polar surface area (TPSA) is 20.2 Å². The highest BCUT2D eigenvalue weighted by Gasteiger charge is 2.47. The molecule has 0 saturated heterocycles. The predicted molar refractivity (Wildman–Crippen MR) is 61.3 cm³/mol. The van der Waals surface area contributed by atoms with E-state index >= 15 is 0 Å². The van der Waals surface area contributed by atoms with E-state index in [4.69, 9.17) is 0 Å². The normalized spacial score (nSPS) is 30.1. The van der Waals surface area contributed by atoms with Gasteiger partial charge in [0.15, 0.2) is 0 Å². The zero-order valence-corrected chi connectivity index (χ0v) is 8.87. The van der Waals surface area contributed by atoms with Gasteiger partial charge in [-0.1, -0.05) is 30.8 Å². The fraction of sp³-hybridized carbons (Fsp3) is 0.429. The molecule has 2 aliphatic carbocycles. The van der Waals surface area contributed by atoms with Crippen molar-refractivity contribution in [1.29, 1.82) is 0 Å². The average molecular weight is 200 g/mol. The minimum absolute atomic E-state index is 0.492. The third kappa shape index (κ3) is 1.26. The van der Waals surface area contributed by atoms with Crippen LogP contribution in [-0.2, 0) is 5.60 Å². The maximum absolute atomic E-state index is 10.7. The molecule has 1 atom stereocenters. The van der Waals surface area contributed by atoms with Crippen LogP contribution in [0.15, 0.2) is 30.8 Å². The molecule has 1 saturated carbocycles. The minimum atomic E-state index is -0.558. The van der Waals surface area contributed by atoms with Crippen molar-refractivity contribution in [3.8, 4) is 0 Å². The molecule has 0 amide bonds. The molecule has 1 fully saturated rings. The van der Waals surface area contributed by atoms with Crippen molar-refractivity contribution in [2.24, 2.45) is 5.92 Å². The minimum Gasteiger partial charge on any atom is -0.385 e. The van der Waals surface area contributed by atoms with Gasteiger partial charge in [0.2, 0.25) is 0 Å². The van der Waals surface area contributed by atoms with Crippen molar-refractivity contribution in [1.82, 2.24) is 0 Å². The van der Waals surface area contributed by atoms with Gasteiger partial charge in [0.25, 0.3) is 0 Å². The maximum atomic E-state index is 10.7. The highest BCUT2D eigenvalue weighted by molar-refractivity contribution is 5.69. The molecule has 0 radical (unpaired) electrons. The number of benzene rings is 1. The van der Waals surface area contributed by atoms with Crippen molar-refractivity contribution < 1.29 is 5.11 Å². The third-order valence-electron chi connectivity index (χ3n) is 3.84. The first-order chi connectivity index (χ1) is 7.22. The summed E-state index contributed by atoms with van der Waals surface area (Å²) in [5.74, 6) is 0.492. The molecule has 2 aliphatic rings. The Balaban J connectivity index is 2.15. The monoisotopic (exact) mass is 200 g/mol. The summed E-state index contributed by atoms with van der Waals surface area (Å²) in [5, 5.41) is 10.7. The zero-order valence-electron chi connectivity index (χ0n) is 8.87. The lowest BCUT2D eigenvalue weighted by atomic mass is 9.74. The van der Waals surface area contributed by atoms with E-state index in [0.29, 0.717) is 5.92 Å². The third-order valence-corrected chi connectivity index (χ3v) is 3.84. The number of rotatable bonds is 1. The van der Waals surface area contributed by atoms with Gasteiger partial charge in [-0.05, 0) is 48.3 Å². The summed E-state index contributed by atoms with van der Waals surface area (Å²) in [5.41, 5.74) is 2.91. The van der Waals surface area contributed by atoms with Gasteiger partial charge in [-0.2, -0.15) is 0 Å². The van der Waals surface area contributed by atoms with E-state index < -0.39 is 5.60 Å². The fourth-order valence-electron chi connectivity index (χ4n) is 2.76. The SMILES string of the molecule is C=C1CCC(O)(C2CC2)c2ccccc21. The number of fused-ring (bicyclic) bond motifs is 1. The molecule has 1 unspecified atom stereocenters. The summed E-state index contributed by atoms with van der Waals surface area (Å²) < 4.78 is 0. The molecule has 78 valence electrons. The van der Waals surface area contributed by atoms with Crippen LogP contribution < -0.4 is 0 Å². The quantitative estimate of drug-likeness (QED) is 0.738. The Bertz CT molecular complexity index is 417. The highest BCUT2D eigenvalue weighted by Crippen LogP contribution is 2.52. The summed E-state index contributed by atoms with van der Waals surface area (Å²) in [6.07, 6.45) is 4.14. The smallest absolute Gasteiger partial charge is 0.0933 e. The zero-order chi connectivity index (χ0) is 10.5. The summed E-state index contributed by atoms with van der Waals surface area (Å²) in [6, 6.07) is 8.20. The lowest BCUT2D eigenvalue weighted by Gasteiger charge is -2.35. The van der Waals surface area contributed by atoms with Gasteiger partial charge in [-0.3, -0.25) is 0 Å². The standard InChI is InChI=1S/C14H16O/c1-10-8-9-14(15,11-6-7-11)13-5-3-2-4-12(10)13/h2-5,11,15H,1,6-9H2. The Kier molecular flexibility index (Phi) is 1.81. The van der Waals surface area contributed by atoms with Gasteiger partial charge in [0.1, 0.15) is 0 Å². The summed E-state index contributed by atoms with van der Waals surface area (Å²) in [4.78, 5) is 0. The van der Waals surface area contributed by atoms with Crippen molar-refractivity contribution >= 4 is 5.57 Å². The van der Waals surface area contributed by atoms with E-state index in [1.54, 1.807) is 0 Å². The molecule has 0 aromatic heterocycles. The lowest BCUT2D eigenvalue weighted by molar-refractivity contribution is 0.00250. The number of hydrogen-bond donors (Lipinski definition) is 1. The largest absolute Gasteiger partial charge is 0.385 e. The molecule has 1 nitrogen and oxygen atoms in total. The Labute approximate surface area is 90.4 Å². The number of aliphatic hydroxyl groups is 1. The van der Waals surface area contributed by atoms with Crippen LogP contribution in [0, 0.1) is 5.92 Å². The van der Waals surface area contributed by atoms with Crippen LogP contribution in [0.4, 0.5) is 0 Å². The van der Waals surface area contributed by atoms with E-state index in [1.807, 2.05) is 12.1 Å². The Morgan fingerprint density at radius 1 is 1.27 bits per heavy atom. The second-order valence-corrected chi connectivity index (χ2v) is 4.85. The van der Waals surface area contributed by atoms with Crippen molar-refractivity contribution in [2.75, 3.05) is 0 Å². The van der Waals surface area contributed by atoms with Gasteiger partial charge in [-0.25, -0.2) is 0 Å². The molecule has 0 spiro atoms. The molecular formula is C14H16O. The van der Waals surface area contributed by atoms with Crippen LogP contribution >= 0.6 is 0 Å². The molecule has 3 rings (SSSR count). The molecule has 0 aliphatic heterocycles. The second-order valence-electron chi connectivity index (χ2n) is 4.85. The van der Waals surface area contributed by atoms with E-state index in [9.17, 15) is 5.11 Å². The molecule has 1 aromatic rings. The number of allylic oxidation sites excluding steroid dienone is 1. The van der Waals surface area contributed by atoms with Crippen LogP contribution in [0.1, 0.15) is 36.8 Å². The van der Waals surface area contributed by atoms with Gasteiger partial charge in [0, 0.05) is 0 Å². The molecular weight excluding hydrogens is 184 g/mol. The maximum Gasteiger partial charge on any atom is 0.0933 e. The Morgan fingerprint density at radius 3 is 2.73 bits per heavy atom. The highest BCUT2D eigenvalue weighted by atomic mass is 16.3. The van der Waals surface area contributed by atoms with Crippen LogP contribution in [0.25, 0.3) is 5.57 Å². The first-order valence-corrected chi connectivity index (χ1v) is 5.72. The van der Waals surface area contributed by atoms with Crippen LogP contribution in [0.3, 0.4) is 0 Å². The molecule has 0 bridgehead atoms. The average Bonchev–Trinajstić information content (AvgIpc) is 3.08. The second kappa shape index (κ2) is 2.96. The van der Waals surface area contributed by atoms with E-state index in [-0.39, 0.29) is 0 Å². The van der Waals surface area contributed by atoms with E-state index in [2.05, 4.69) is 18.7 Å². The van der Waals surface area contributed by atoms with Crippen molar-refractivity contribution in [3.63, 3.8) is 0 Å². The fourth-order valence-corrected chi connectivity index (χ4v) is 2.76. The molecule has 1 N–H and O–H groups in total. The van der Waals surface area contributed by atoms with Gasteiger partial charge in [0.05, 0.1) is 5.60 Å². The first-order valence-electron chi connectivity index (χ1n) is 5.72. The Morgan fingerprint density at radius 2 is 2.00 bits per heavy atom. The van der Waals surface area contributed by atoms with Gasteiger partial charge >= 0.3 is 0 Å². The molecule has 1 aromatic carbocycles. The summed E-state index contributed by atoms with van der Waals surface area (Å²) in [6.45, 7) is 4.09. The summed E-state index contributed by atoms with van der Waals surface area (Å²) >= 11 is 0. The van der Waals surface area contributed by atoms with E-state index in [0.717, 1.165) is 18.4 Å². The lowest BCUT2D eigenvalue weighted by Crippen LogP contribution is -2.32. The van der Waals surface area contributed by atoms with E-state index in [1.165, 1.54) is 24.0 Å². The first kappa shape index (κ1) is 9.17. The number of hydrogen-bond acceptors (Lipinski definition) is 1. The summed E-state index contributed by atoms with van der Waals surface area (Å²) in [7, 11) is 0. The van der Waals surface area contributed by atoms with Crippen LogP contribution in [0.2, 0.25) is 0 Å². The Hall–Kier alpha value is -1.08. The molecule has 15 heavy (non-hydrogen) atoms.